The first-order chi connectivity index (χ1) is 18.7. The summed E-state index contributed by atoms with van der Waals surface area (Å²) in [5.74, 6) is 0.0362. The first kappa shape index (κ1) is 29.7. The molecule has 9 heteroatoms. The third-order valence-electron chi connectivity index (χ3n) is 8.04. The van der Waals surface area contributed by atoms with Gasteiger partial charge in [0, 0.05) is 36.4 Å². The molecule has 8 nitrogen and oxygen atoms in total. The lowest BCUT2D eigenvalue weighted by atomic mass is 9.73. The molecule has 0 aromatic heterocycles. The second-order valence-electron chi connectivity index (χ2n) is 11.0. The van der Waals surface area contributed by atoms with E-state index in [9.17, 15) is 19.0 Å². The highest BCUT2D eigenvalue weighted by Crippen LogP contribution is 2.50. The molecule has 39 heavy (non-hydrogen) atoms. The molecule has 0 bridgehead atoms. The molecule has 1 amide bonds. The molecule has 2 aromatic rings. The van der Waals surface area contributed by atoms with Gasteiger partial charge in [0.25, 0.3) is 5.91 Å². The second kappa shape index (κ2) is 13.4. The van der Waals surface area contributed by atoms with E-state index in [4.69, 9.17) is 0 Å². The van der Waals surface area contributed by atoms with Gasteiger partial charge in [0.2, 0.25) is 0 Å². The molecule has 0 unspecified atom stereocenters. The number of β-amino-alcohol motifs (C(OH)–C–C–N with tert-alkyl or cyclic N) is 1. The Morgan fingerprint density at radius 2 is 1.85 bits per heavy atom. The van der Waals surface area contributed by atoms with Crippen molar-refractivity contribution in [2.24, 2.45) is 0 Å². The number of rotatable bonds is 13. The number of carbonyl (C=O) groups excluding carboxylic acids is 1. The minimum absolute atomic E-state index is 0.101. The maximum absolute atomic E-state index is 13.7. The van der Waals surface area contributed by atoms with Crippen LogP contribution in [0.5, 0.6) is 0 Å². The molecule has 1 heterocycles. The first-order valence-corrected chi connectivity index (χ1v) is 16.1. The molecule has 6 N–H and O–H groups in total. The Morgan fingerprint density at radius 3 is 2.49 bits per heavy atom. The van der Waals surface area contributed by atoms with E-state index >= 15 is 0 Å². The van der Waals surface area contributed by atoms with Crippen molar-refractivity contribution in [2.75, 3.05) is 35.0 Å². The lowest BCUT2D eigenvalue weighted by molar-refractivity contribution is 0.0746. The van der Waals surface area contributed by atoms with Gasteiger partial charge in [-0.05, 0) is 75.6 Å². The predicted molar refractivity (Wildman–Crippen MR) is 162 cm³/mol. The Kier molecular flexibility index (Phi) is 10.2. The van der Waals surface area contributed by atoms with Crippen LogP contribution in [-0.4, -0.2) is 63.2 Å². The highest BCUT2D eigenvalue weighted by atomic mass is 32.3. The zero-order chi connectivity index (χ0) is 27.9. The Morgan fingerprint density at radius 1 is 1.08 bits per heavy atom. The van der Waals surface area contributed by atoms with E-state index in [0.29, 0.717) is 43.1 Å². The number of anilines is 2. The van der Waals surface area contributed by atoms with Crippen LogP contribution < -0.4 is 20.3 Å². The van der Waals surface area contributed by atoms with Crippen molar-refractivity contribution in [1.29, 1.82) is 0 Å². The predicted octanol–water partition coefficient (Wildman–Crippen LogP) is 5.40. The van der Waals surface area contributed by atoms with Gasteiger partial charge in [-0.15, -0.1) is 10.8 Å². The molecule has 1 aliphatic heterocycles. The van der Waals surface area contributed by atoms with Crippen LogP contribution in [0.1, 0.15) is 74.7 Å². The number of nitrogens with zero attached hydrogens (tertiary/aromatic N) is 1. The highest BCUT2D eigenvalue weighted by Gasteiger charge is 2.36. The van der Waals surface area contributed by atoms with E-state index in [0.717, 1.165) is 49.8 Å². The number of hydrogen-bond donors (Lipinski definition) is 6. The number of aliphatic hydroxyl groups excluding tert-OH is 1. The van der Waals surface area contributed by atoms with Crippen molar-refractivity contribution in [3.05, 3.63) is 59.7 Å². The molecule has 1 aliphatic carbocycles. The summed E-state index contributed by atoms with van der Waals surface area (Å²) in [5.41, 5.74) is 2.92. The molecule has 2 aliphatic rings. The Balaban J connectivity index is 1.55. The van der Waals surface area contributed by atoms with Crippen LogP contribution >= 0.6 is 10.8 Å². The molecule has 2 fully saturated rings. The fourth-order valence-corrected chi connectivity index (χ4v) is 7.44. The largest absolute Gasteiger partial charge is 0.390 e. The maximum atomic E-state index is 13.7. The SMILES string of the molecule is CCCC1(NC[C@@H](O)[C@H](Cc2ccccc2)NC(=O)c2cc(NCC)cc(N3CCCCS3(O)O)c2)CCC1. The van der Waals surface area contributed by atoms with Crippen LogP contribution in [0.3, 0.4) is 0 Å². The molecule has 1 saturated heterocycles. The van der Waals surface area contributed by atoms with Crippen molar-refractivity contribution in [1.82, 2.24) is 10.6 Å². The summed E-state index contributed by atoms with van der Waals surface area (Å²) >= 11 is 0. The van der Waals surface area contributed by atoms with Gasteiger partial charge in [0.15, 0.2) is 0 Å². The molecule has 1 saturated carbocycles. The first-order valence-electron chi connectivity index (χ1n) is 14.5. The third kappa shape index (κ3) is 7.67. The lowest BCUT2D eigenvalue weighted by Crippen LogP contribution is -2.56. The molecule has 0 radical (unpaired) electrons. The summed E-state index contributed by atoms with van der Waals surface area (Å²) in [5, 5.41) is 21.3. The van der Waals surface area contributed by atoms with Gasteiger partial charge in [0.1, 0.15) is 0 Å². The van der Waals surface area contributed by atoms with Crippen LogP contribution in [0.4, 0.5) is 11.4 Å². The number of amides is 1. The van der Waals surface area contributed by atoms with Crippen LogP contribution in [0.15, 0.2) is 48.5 Å². The Hall–Kier alpha value is -2.30. The molecule has 0 spiro atoms. The molecule has 4 rings (SSSR count). The van der Waals surface area contributed by atoms with Crippen LogP contribution in [-0.2, 0) is 6.42 Å². The summed E-state index contributed by atoms with van der Waals surface area (Å²) in [7, 11) is -2.93. The minimum Gasteiger partial charge on any atom is -0.390 e. The van der Waals surface area contributed by atoms with E-state index < -0.39 is 22.9 Å². The minimum atomic E-state index is -2.93. The van der Waals surface area contributed by atoms with E-state index in [1.165, 1.54) is 6.42 Å². The lowest BCUT2D eigenvalue weighted by Gasteiger charge is -2.47. The third-order valence-corrected chi connectivity index (χ3v) is 9.97. The molecule has 2 aromatic carbocycles. The Bertz CT molecular complexity index is 1080. The topological polar surface area (TPSA) is 117 Å². The number of benzene rings is 2. The van der Waals surface area contributed by atoms with E-state index in [1.807, 2.05) is 43.3 Å². The fraction of sp³-hybridized carbons (Fsp3) is 0.567. The standard InChI is InChI=1S/C30H46N4O4S/c1-3-13-30(14-10-15-30)32-22-28(35)27(18-23-11-6-5-7-12-23)33-29(36)24-19-25(31-4-2)21-26(20-24)34-16-8-9-17-39(34,37)38/h5-7,11-12,19-21,27-28,31-32,35,37-38H,3-4,8-10,13-18,22H2,1-2H3,(H,33,36)/t27-,28+/m0/s1. The van der Waals surface area contributed by atoms with E-state index in [2.05, 4.69) is 22.9 Å². The summed E-state index contributed by atoms with van der Waals surface area (Å²) in [6.07, 6.45) is 7.01. The summed E-state index contributed by atoms with van der Waals surface area (Å²) < 4.78 is 23.1. The molecule has 216 valence electrons. The van der Waals surface area contributed by atoms with Crippen molar-refractivity contribution in [3.63, 3.8) is 0 Å². The van der Waals surface area contributed by atoms with Crippen molar-refractivity contribution in [2.45, 2.75) is 82.9 Å². The van der Waals surface area contributed by atoms with E-state index in [1.54, 1.807) is 16.4 Å². The van der Waals surface area contributed by atoms with Crippen molar-refractivity contribution < 1.29 is 19.0 Å². The molecule has 2 atom stereocenters. The van der Waals surface area contributed by atoms with Gasteiger partial charge in [-0.25, -0.2) is 0 Å². The van der Waals surface area contributed by atoms with Gasteiger partial charge in [-0.3, -0.25) is 18.2 Å². The second-order valence-corrected chi connectivity index (χ2v) is 13.2. The van der Waals surface area contributed by atoms with Crippen molar-refractivity contribution in [3.8, 4) is 0 Å². The summed E-state index contributed by atoms with van der Waals surface area (Å²) in [4.78, 5) is 13.7. The van der Waals surface area contributed by atoms with Crippen molar-refractivity contribution >= 4 is 28.1 Å². The zero-order valence-electron chi connectivity index (χ0n) is 23.4. The highest BCUT2D eigenvalue weighted by molar-refractivity contribution is 8.25. The number of aliphatic hydroxyl groups is 1. The molecular formula is C30H46N4O4S. The van der Waals surface area contributed by atoms with E-state index in [-0.39, 0.29) is 11.4 Å². The summed E-state index contributed by atoms with van der Waals surface area (Å²) in [6.45, 7) is 5.78. The maximum Gasteiger partial charge on any atom is 0.251 e. The normalized spacial score (nSPS) is 20.4. The Labute approximate surface area is 235 Å². The zero-order valence-corrected chi connectivity index (χ0v) is 24.2. The van der Waals surface area contributed by atoms with Crippen LogP contribution in [0.2, 0.25) is 0 Å². The van der Waals surface area contributed by atoms with Gasteiger partial charge in [-0.1, -0.05) is 43.7 Å². The van der Waals surface area contributed by atoms with Gasteiger partial charge in [-0.2, -0.15) is 0 Å². The average molecular weight is 559 g/mol. The molecular weight excluding hydrogens is 512 g/mol. The number of carbonyl (C=O) groups is 1. The van der Waals surface area contributed by atoms with Gasteiger partial charge >= 0.3 is 0 Å². The van der Waals surface area contributed by atoms with Gasteiger partial charge < -0.3 is 21.1 Å². The smallest absolute Gasteiger partial charge is 0.251 e. The van der Waals surface area contributed by atoms with Crippen LogP contribution in [0.25, 0.3) is 0 Å². The fourth-order valence-electron chi connectivity index (χ4n) is 5.76. The number of nitrogens with one attached hydrogen (secondary N) is 3. The summed E-state index contributed by atoms with van der Waals surface area (Å²) in [6, 6.07) is 14.8. The average Bonchev–Trinajstić information content (AvgIpc) is 2.90. The van der Waals surface area contributed by atoms with Crippen LogP contribution in [0, 0.1) is 0 Å². The quantitative estimate of drug-likeness (QED) is 0.195. The monoisotopic (exact) mass is 558 g/mol. The number of hydrogen-bond acceptors (Lipinski definition) is 7. The van der Waals surface area contributed by atoms with Gasteiger partial charge in [0.05, 0.1) is 23.6 Å².